The third kappa shape index (κ3) is 4.01. The zero-order valence-corrected chi connectivity index (χ0v) is 18.1. The van der Waals surface area contributed by atoms with Crippen molar-refractivity contribution in [2.24, 2.45) is 11.3 Å². The Morgan fingerprint density at radius 3 is 2.77 bits per heavy atom. The molecule has 1 atom stereocenters. The summed E-state index contributed by atoms with van der Waals surface area (Å²) in [6.07, 6.45) is 4.23. The van der Waals surface area contributed by atoms with Crippen molar-refractivity contribution >= 4 is 11.6 Å². The minimum Gasteiger partial charge on any atom is -0.339 e. The van der Waals surface area contributed by atoms with Crippen LogP contribution in [0, 0.1) is 11.3 Å². The molecule has 2 aromatic heterocycles. The van der Waals surface area contributed by atoms with Crippen molar-refractivity contribution in [3.05, 3.63) is 46.9 Å². The molecule has 158 valence electrons. The summed E-state index contributed by atoms with van der Waals surface area (Å²) in [7, 11) is 0. The van der Waals surface area contributed by atoms with Crippen LogP contribution in [-0.4, -0.2) is 38.3 Å². The first-order valence-electron chi connectivity index (χ1n) is 10.6. The predicted octanol–water partition coefficient (Wildman–Crippen LogP) is 4.74. The van der Waals surface area contributed by atoms with Crippen LogP contribution in [0.2, 0.25) is 5.02 Å². The van der Waals surface area contributed by atoms with Crippen LogP contribution in [0.15, 0.2) is 33.3 Å². The number of hydrogen-bond donors (Lipinski definition) is 0. The lowest BCUT2D eigenvalue weighted by molar-refractivity contribution is 0.144. The number of nitrogens with zero attached hydrogens (tertiary/aromatic N) is 5. The molecule has 1 saturated carbocycles. The average Bonchev–Trinajstić information content (AvgIpc) is 3.07. The average molecular weight is 428 g/mol. The Hall–Kier alpha value is -2.25. The number of aromatic nitrogens is 4. The van der Waals surface area contributed by atoms with Crippen molar-refractivity contribution in [3.8, 4) is 11.4 Å². The van der Waals surface area contributed by atoms with Gasteiger partial charge in [0.1, 0.15) is 0 Å². The van der Waals surface area contributed by atoms with Gasteiger partial charge in [0, 0.05) is 22.9 Å². The standard InChI is InChI=1S/C22H26ClN5O2/c1-14(2)10-18-24-19(29-26-18)13-28-8-6-22(7-9-28)12-17(22)21-25-20(27-30-21)15-4-3-5-16(23)11-15/h3-5,11,14,17H,6-10,12-13H2,1-2H3/t17-/m1/s1. The van der Waals surface area contributed by atoms with Gasteiger partial charge >= 0.3 is 0 Å². The first-order valence-corrected chi connectivity index (χ1v) is 11.0. The van der Waals surface area contributed by atoms with Gasteiger partial charge in [-0.3, -0.25) is 4.90 Å². The second kappa shape index (κ2) is 7.78. The van der Waals surface area contributed by atoms with E-state index >= 15 is 0 Å². The summed E-state index contributed by atoms with van der Waals surface area (Å²) in [5, 5.41) is 8.95. The molecule has 7 nitrogen and oxygen atoms in total. The lowest BCUT2D eigenvalue weighted by atomic mass is 9.91. The van der Waals surface area contributed by atoms with E-state index in [0.29, 0.717) is 28.1 Å². The number of likely N-dealkylation sites (tertiary alicyclic amines) is 1. The maximum absolute atomic E-state index is 6.08. The van der Waals surface area contributed by atoms with E-state index in [9.17, 15) is 0 Å². The van der Waals surface area contributed by atoms with Gasteiger partial charge in [-0.05, 0) is 55.8 Å². The Balaban J connectivity index is 1.17. The fraction of sp³-hybridized carbons (Fsp3) is 0.545. The van der Waals surface area contributed by atoms with Gasteiger partial charge in [0.15, 0.2) is 5.82 Å². The monoisotopic (exact) mass is 427 g/mol. The molecule has 1 aliphatic heterocycles. The number of halogens is 1. The lowest BCUT2D eigenvalue weighted by Gasteiger charge is -2.31. The van der Waals surface area contributed by atoms with Crippen LogP contribution in [0.3, 0.4) is 0 Å². The van der Waals surface area contributed by atoms with Crippen molar-refractivity contribution in [1.29, 1.82) is 0 Å². The minimum atomic E-state index is 0.298. The zero-order chi connectivity index (χ0) is 20.7. The molecule has 0 unspecified atom stereocenters. The highest BCUT2D eigenvalue weighted by atomic mass is 35.5. The fourth-order valence-electron chi connectivity index (χ4n) is 4.52. The molecule has 3 heterocycles. The largest absolute Gasteiger partial charge is 0.339 e. The van der Waals surface area contributed by atoms with Crippen molar-refractivity contribution < 1.29 is 9.05 Å². The van der Waals surface area contributed by atoms with E-state index in [1.54, 1.807) is 0 Å². The van der Waals surface area contributed by atoms with E-state index in [2.05, 4.69) is 39.0 Å². The third-order valence-electron chi connectivity index (χ3n) is 6.32. The Labute approximate surface area is 180 Å². The van der Waals surface area contributed by atoms with E-state index in [1.165, 1.54) is 0 Å². The molecule has 2 aliphatic rings. The van der Waals surface area contributed by atoms with Crippen molar-refractivity contribution in [2.75, 3.05) is 13.1 Å². The summed E-state index contributed by atoms with van der Waals surface area (Å²) in [6, 6.07) is 7.56. The first-order chi connectivity index (χ1) is 14.5. The molecule has 3 aromatic rings. The Morgan fingerprint density at radius 2 is 2.00 bits per heavy atom. The summed E-state index contributed by atoms with van der Waals surface area (Å²) in [4.78, 5) is 11.6. The first kappa shape index (κ1) is 19.7. The number of rotatable bonds is 6. The smallest absolute Gasteiger partial charge is 0.240 e. The minimum absolute atomic E-state index is 0.298. The Kier molecular flexibility index (Phi) is 5.11. The van der Waals surface area contributed by atoms with E-state index in [4.69, 9.17) is 20.6 Å². The normalized spacial score (nSPS) is 20.9. The van der Waals surface area contributed by atoms with Gasteiger partial charge in [-0.2, -0.15) is 9.97 Å². The van der Waals surface area contributed by atoms with Crippen LogP contribution in [0.1, 0.15) is 56.6 Å². The van der Waals surface area contributed by atoms with Crippen LogP contribution < -0.4 is 0 Å². The highest BCUT2D eigenvalue weighted by Gasteiger charge is 2.58. The number of piperidine rings is 1. The number of benzene rings is 1. The second-order valence-electron chi connectivity index (χ2n) is 9.06. The lowest BCUT2D eigenvalue weighted by Crippen LogP contribution is -2.34. The highest BCUT2D eigenvalue weighted by molar-refractivity contribution is 6.30. The molecular formula is C22H26ClN5O2. The van der Waals surface area contributed by atoms with Gasteiger partial charge < -0.3 is 9.05 Å². The van der Waals surface area contributed by atoms with E-state index in [-0.39, 0.29) is 0 Å². The molecule has 0 N–H and O–H groups in total. The molecule has 0 radical (unpaired) electrons. The SMILES string of the molecule is CC(C)Cc1noc(CN2CCC3(CC2)C[C@@H]3c2nc(-c3cccc(Cl)c3)no2)n1. The summed E-state index contributed by atoms with van der Waals surface area (Å²) in [5.74, 6) is 3.79. The molecule has 0 amide bonds. The molecule has 1 aromatic carbocycles. The topological polar surface area (TPSA) is 81.1 Å². The van der Waals surface area contributed by atoms with Crippen molar-refractivity contribution in [1.82, 2.24) is 25.2 Å². The summed E-state index contributed by atoms with van der Waals surface area (Å²) >= 11 is 6.08. The zero-order valence-electron chi connectivity index (χ0n) is 17.3. The summed E-state index contributed by atoms with van der Waals surface area (Å²) in [6.45, 7) is 7.09. The predicted molar refractivity (Wildman–Crippen MR) is 112 cm³/mol. The van der Waals surface area contributed by atoms with E-state index in [1.807, 2.05) is 24.3 Å². The molecule has 2 fully saturated rings. The number of hydrogen-bond acceptors (Lipinski definition) is 7. The highest BCUT2D eigenvalue weighted by Crippen LogP contribution is 2.64. The summed E-state index contributed by atoms with van der Waals surface area (Å²) in [5.41, 5.74) is 1.19. The van der Waals surface area contributed by atoms with E-state index < -0.39 is 0 Å². The Morgan fingerprint density at radius 1 is 1.17 bits per heavy atom. The van der Waals surface area contributed by atoms with Crippen LogP contribution in [0.4, 0.5) is 0 Å². The molecule has 5 rings (SSSR count). The molecular weight excluding hydrogens is 402 g/mol. The molecule has 1 saturated heterocycles. The second-order valence-corrected chi connectivity index (χ2v) is 9.50. The maximum atomic E-state index is 6.08. The van der Waals surface area contributed by atoms with Gasteiger partial charge in [-0.1, -0.05) is 47.9 Å². The van der Waals surface area contributed by atoms with Crippen molar-refractivity contribution in [2.45, 2.75) is 52.0 Å². The van der Waals surface area contributed by atoms with Crippen LogP contribution in [0.25, 0.3) is 11.4 Å². The molecule has 0 bridgehead atoms. The third-order valence-corrected chi connectivity index (χ3v) is 6.56. The maximum Gasteiger partial charge on any atom is 0.240 e. The molecule has 1 spiro atoms. The molecule has 30 heavy (non-hydrogen) atoms. The summed E-state index contributed by atoms with van der Waals surface area (Å²) < 4.78 is 11.1. The molecule has 1 aliphatic carbocycles. The van der Waals surface area contributed by atoms with Crippen LogP contribution in [0.5, 0.6) is 0 Å². The van der Waals surface area contributed by atoms with Gasteiger partial charge in [0.25, 0.3) is 0 Å². The van der Waals surface area contributed by atoms with E-state index in [0.717, 1.165) is 68.5 Å². The Bertz CT molecular complexity index is 1020. The van der Waals surface area contributed by atoms with Gasteiger partial charge in [0.05, 0.1) is 6.54 Å². The van der Waals surface area contributed by atoms with Crippen LogP contribution >= 0.6 is 11.6 Å². The van der Waals surface area contributed by atoms with Gasteiger partial charge in [-0.15, -0.1) is 0 Å². The quantitative estimate of drug-likeness (QED) is 0.561. The van der Waals surface area contributed by atoms with Gasteiger partial charge in [0.2, 0.25) is 17.6 Å². The van der Waals surface area contributed by atoms with Gasteiger partial charge in [-0.25, -0.2) is 0 Å². The van der Waals surface area contributed by atoms with Crippen molar-refractivity contribution in [3.63, 3.8) is 0 Å². The fourth-order valence-corrected chi connectivity index (χ4v) is 4.71. The van der Waals surface area contributed by atoms with Crippen LogP contribution in [-0.2, 0) is 13.0 Å². The molecule has 8 heteroatoms.